The summed E-state index contributed by atoms with van der Waals surface area (Å²) < 4.78 is 5.32. The number of hydrogen-bond donors (Lipinski definition) is 3. The van der Waals surface area contributed by atoms with Crippen molar-refractivity contribution < 1.29 is 9.64 Å². The third-order valence-corrected chi connectivity index (χ3v) is 3.46. The third-order valence-electron chi connectivity index (χ3n) is 3.21. The van der Waals surface area contributed by atoms with Crippen LogP contribution in [0.15, 0.2) is 24.3 Å². The molecule has 0 unspecified atom stereocenters. The Morgan fingerprint density at radius 3 is 2.95 bits per heavy atom. The number of nitriles is 1. The Bertz CT molecular complexity index is 494. The topological polar surface area (TPSA) is 61.5 Å². The van der Waals surface area contributed by atoms with E-state index in [-0.39, 0.29) is 0 Å². The van der Waals surface area contributed by atoms with Gasteiger partial charge in [0.15, 0.2) is 5.11 Å². The zero-order valence-electron chi connectivity index (χ0n) is 11.3. The minimum atomic E-state index is 0.591. The highest BCUT2D eigenvalue weighted by molar-refractivity contribution is 7.80. The molecule has 1 aliphatic rings. The predicted octanol–water partition coefficient (Wildman–Crippen LogP) is -0.240. The van der Waals surface area contributed by atoms with Gasteiger partial charge in [0.05, 0.1) is 37.9 Å². The quantitative estimate of drug-likeness (QED) is 0.669. The monoisotopic (exact) mass is 291 g/mol. The summed E-state index contributed by atoms with van der Waals surface area (Å²) in [4.78, 5) is 1.54. The van der Waals surface area contributed by atoms with Crippen LogP contribution in [0.5, 0.6) is 0 Å². The van der Waals surface area contributed by atoms with E-state index in [0.29, 0.717) is 10.7 Å². The largest absolute Gasteiger partial charge is 0.370 e. The fourth-order valence-electron chi connectivity index (χ4n) is 2.10. The van der Waals surface area contributed by atoms with E-state index in [4.69, 9.17) is 22.2 Å². The van der Waals surface area contributed by atoms with Crippen LogP contribution in [0.4, 0.5) is 5.69 Å². The van der Waals surface area contributed by atoms with Gasteiger partial charge in [0, 0.05) is 5.69 Å². The Balaban J connectivity index is 1.70. The van der Waals surface area contributed by atoms with E-state index < -0.39 is 0 Å². The van der Waals surface area contributed by atoms with Crippen molar-refractivity contribution in [3.8, 4) is 6.07 Å². The maximum absolute atomic E-state index is 8.84. The molecule has 6 heteroatoms. The first-order valence-electron chi connectivity index (χ1n) is 6.74. The summed E-state index contributed by atoms with van der Waals surface area (Å²) in [6.45, 7) is 5.68. The van der Waals surface area contributed by atoms with E-state index in [1.165, 1.54) is 4.90 Å². The molecule has 1 aromatic carbocycles. The molecule has 20 heavy (non-hydrogen) atoms. The van der Waals surface area contributed by atoms with Gasteiger partial charge in [-0.2, -0.15) is 5.26 Å². The van der Waals surface area contributed by atoms with Crippen molar-refractivity contribution in [3.05, 3.63) is 29.8 Å². The molecular formula is C14H19N4OS+. The first-order valence-corrected chi connectivity index (χ1v) is 7.15. The number of anilines is 1. The number of morpholine rings is 1. The minimum Gasteiger partial charge on any atom is -0.370 e. The van der Waals surface area contributed by atoms with Crippen LogP contribution in [0.2, 0.25) is 0 Å². The Labute approximate surface area is 124 Å². The predicted molar refractivity (Wildman–Crippen MR) is 81.8 cm³/mol. The Hall–Kier alpha value is -1.68. The van der Waals surface area contributed by atoms with Crippen molar-refractivity contribution in [1.29, 1.82) is 5.26 Å². The average molecular weight is 291 g/mol. The number of benzene rings is 1. The highest BCUT2D eigenvalue weighted by Crippen LogP contribution is 2.09. The number of quaternary nitrogens is 1. The summed E-state index contributed by atoms with van der Waals surface area (Å²) in [6.07, 6.45) is 0. The van der Waals surface area contributed by atoms with E-state index in [0.717, 1.165) is 45.1 Å². The SMILES string of the molecule is N#Cc1cccc(NC(=S)NCC[NH+]2CCOCC2)c1. The van der Waals surface area contributed by atoms with Crippen molar-refractivity contribution >= 4 is 23.0 Å². The van der Waals surface area contributed by atoms with E-state index >= 15 is 0 Å². The molecular weight excluding hydrogens is 272 g/mol. The molecule has 106 valence electrons. The summed E-state index contributed by atoms with van der Waals surface area (Å²) in [5.41, 5.74) is 1.45. The number of hydrogen-bond acceptors (Lipinski definition) is 3. The molecule has 3 N–H and O–H groups in total. The van der Waals surface area contributed by atoms with Gasteiger partial charge in [-0.15, -0.1) is 0 Å². The van der Waals surface area contributed by atoms with E-state index in [2.05, 4.69) is 16.7 Å². The zero-order chi connectivity index (χ0) is 14.2. The van der Waals surface area contributed by atoms with Gasteiger partial charge in [-0.3, -0.25) is 0 Å². The van der Waals surface area contributed by atoms with Crippen LogP contribution >= 0.6 is 12.2 Å². The van der Waals surface area contributed by atoms with Gasteiger partial charge < -0.3 is 20.3 Å². The van der Waals surface area contributed by atoms with Crippen LogP contribution < -0.4 is 15.5 Å². The average Bonchev–Trinajstić information content (AvgIpc) is 2.48. The van der Waals surface area contributed by atoms with Crippen molar-refractivity contribution in [2.45, 2.75) is 0 Å². The molecule has 0 amide bonds. The van der Waals surface area contributed by atoms with Crippen LogP contribution in [0.1, 0.15) is 5.56 Å². The first-order chi connectivity index (χ1) is 9.78. The van der Waals surface area contributed by atoms with Gasteiger partial charge in [0.25, 0.3) is 0 Å². The number of ether oxygens (including phenoxy) is 1. The standard InChI is InChI=1S/C14H18N4OS/c15-11-12-2-1-3-13(10-12)17-14(20)16-4-5-18-6-8-19-9-7-18/h1-3,10H,4-9H2,(H2,16,17,20)/p+1. The lowest BCUT2D eigenvalue weighted by atomic mass is 10.2. The highest BCUT2D eigenvalue weighted by atomic mass is 32.1. The highest BCUT2D eigenvalue weighted by Gasteiger charge is 2.12. The van der Waals surface area contributed by atoms with Crippen LogP contribution in [0.25, 0.3) is 0 Å². The molecule has 1 aromatic rings. The molecule has 0 aromatic heterocycles. The third kappa shape index (κ3) is 4.78. The lowest BCUT2D eigenvalue weighted by molar-refractivity contribution is -0.906. The number of thiocarbonyl (C=S) groups is 1. The molecule has 0 atom stereocenters. The molecule has 0 bridgehead atoms. The van der Waals surface area contributed by atoms with E-state index in [9.17, 15) is 0 Å². The lowest BCUT2D eigenvalue weighted by Gasteiger charge is -2.24. The van der Waals surface area contributed by atoms with E-state index in [1.54, 1.807) is 12.1 Å². The van der Waals surface area contributed by atoms with Crippen molar-refractivity contribution in [1.82, 2.24) is 5.32 Å². The summed E-state index contributed by atoms with van der Waals surface area (Å²) in [5.74, 6) is 0. The Kier molecular flexibility index (Phi) is 5.74. The van der Waals surface area contributed by atoms with Crippen LogP contribution in [0.3, 0.4) is 0 Å². The molecule has 2 rings (SSSR count). The maximum atomic E-state index is 8.84. The van der Waals surface area contributed by atoms with Crippen molar-refractivity contribution in [3.63, 3.8) is 0 Å². The number of nitrogens with zero attached hydrogens (tertiary/aromatic N) is 1. The fraction of sp³-hybridized carbons (Fsp3) is 0.429. The van der Waals surface area contributed by atoms with Crippen molar-refractivity contribution in [2.75, 3.05) is 44.7 Å². The van der Waals surface area contributed by atoms with Crippen LogP contribution in [-0.4, -0.2) is 44.5 Å². The summed E-state index contributed by atoms with van der Waals surface area (Å²) in [5, 5.41) is 15.7. The smallest absolute Gasteiger partial charge is 0.170 e. The Morgan fingerprint density at radius 2 is 2.20 bits per heavy atom. The number of nitrogens with one attached hydrogen (secondary N) is 3. The summed E-state index contributed by atoms with van der Waals surface area (Å²) in [6, 6.07) is 9.38. The molecule has 1 fully saturated rings. The molecule has 1 saturated heterocycles. The summed E-state index contributed by atoms with van der Waals surface area (Å²) >= 11 is 5.24. The zero-order valence-corrected chi connectivity index (χ0v) is 12.1. The van der Waals surface area contributed by atoms with Gasteiger partial charge in [0.1, 0.15) is 13.1 Å². The maximum Gasteiger partial charge on any atom is 0.170 e. The normalized spacial score (nSPS) is 15.3. The first kappa shape index (κ1) is 14.7. The molecule has 0 saturated carbocycles. The fourth-order valence-corrected chi connectivity index (χ4v) is 2.32. The van der Waals surface area contributed by atoms with Gasteiger partial charge in [0.2, 0.25) is 0 Å². The molecule has 0 radical (unpaired) electrons. The molecule has 5 nitrogen and oxygen atoms in total. The van der Waals surface area contributed by atoms with Crippen LogP contribution in [-0.2, 0) is 4.74 Å². The second kappa shape index (κ2) is 7.80. The second-order valence-corrected chi connectivity index (χ2v) is 5.09. The van der Waals surface area contributed by atoms with Crippen molar-refractivity contribution in [2.24, 2.45) is 0 Å². The summed E-state index contributed by atoms with van der Waals surface area (Å²) in [7, 11) is 0. The molecule has 0 aliphatic carbocycles. The molecule has 0 spiro atoms. The second-order valence-electron chi connectivity index (χ2n) is 4.69. The minimum absolute atomic E-state index is 0.591. The van der Waals surface area contributed by atoms with Gasteiger partial charge in [-0.1, -0.05) is 6.07 Å². The van der Waals surface area contributed by atoms with Gasteiger partial charge in [-0.25, -0.2) is 0 Å². The van der Waals surface area contributed by atoms with Gasteiger partial charge in [-0.05, 0) is 30.4 Å². The number of rotatable bonds is 4. The van der Waals surface area contributed by atoms with Crippen LogP contribution in [0, 0.1) is 11.3 Å². The lowest BCUT2D eigenvalue weighted by Crippen LogP contribution is -3.14. The Morgan fingerprint density at radius 1 is 1.40 bits per heavy atom. The van der Waals surface area contributed by atoms with Gasteiger partial charge >= 0.3 is 0 Å². The molecule has 1 heterocycles. The molecule has 1 aliphatic heterocycles. The van der Waals surface area contributed by atoms with E-state index in [1.807, 2.05) is 12.1 Å².